The minimum Gasteiger partial charge on any atom is -0.465 e. The van der Waals surface area contributed by atoms with Crippen LogP contribution in [0.25, 0.3) is 10.9 Å². The van der Waals surface area contributed by atoms with Gasteiger partial charge in [-0.25, -0.2) is 9.78 Å². The number of ether oxygens (including phenoxy) is 1. The summed E-state index contributed by atoms with van der Waals surface area (Å²) in [5.41, 5.74) is 2.79. The molecule has 2 aromatic heterocycles. The summed E-state index contributed by atoms with van der Waals surface area (Å²) in [5, 5.41) is 14.1. The molecule has 0 aliphatic carbocycles. The molecule has 5 nitrogen and oxygen atoms in total. The highest BCUT2D eigenvalue weighted by Crippen LogP contribution is 2.32. The Morgan fingerprint density at radius 3 is 2.83 bits per heavy atom. The summed E-state index contributed by atoms with van der Waals surface area (Å²) < 4.78 is 4.80. The van der Waals surface area contributed by atoms with Gasteiger partial charge in [-0.1, -0.05) is 26.0 Å². The van der Waals surface area contributed by atoms with E-state index in [0.29, 0.717) is 27.6 Å². The van der Waals surface area contributed by atoms with Crippen molar-refractivity contribution >= 4 is 28.2 Å². The van der Waals surface area contributed by atoms with E-state index in [0.717, 1.165) is 11.1 Å². The predicted octanol–water partition coefficient (Wildman–Crippen LogP) is 3.62. The maximum atomic E-state index is 11.8. The normalized spacial score (nSPS) is 12.7. The molecule has 0 radical (unpaired) electrons. The molecule has 0 fully saturated rings. The van der Waals surface area contributed by atoms with Crippen molar-refractivity contribution in [2.24, 2.45) is 0 Å². The molecule has 0 aliphatic rings. The zero-order valence-corrected chi connectivity index (χ0v) is 14.0. The number of aliphatic hydroxyl groups excluding tert-OH is 1. The second-order valence-electron chi connectivity index (χ2n) is 5.63. The number of aromatic amines is 1. The number of carbonyl (C=O) groups excluding carboxylic acids is 1. The lowest BCUT2D eigenvalue weighted by Gasteiger charge is -2.07. The Hall–Kier alpha value is -2.18. The average Bonchev–Trinajstić information content (AvgIpc) is 3.20. The third-order valence-electron chi connectivity index (χ3n) is 3.81. The zero-order valence-electron chi connectivity index (χ0n) is 13.2. The van der Waals surface area contributed by atoms with Crippen LogP contribution in [0.2, 0.25) is 0 Å². The number of esters is 1. The van der Waals surface area contributed by atoms with Gasteiger partial charge in [-0.15, -0.1) is 11.3 Å². The molecule has 0 aliphatic heterocycles. The van der Waals surface area contributed by atoms with E-state index in [2.05, 4.69) is 23.8 Å². The Kier molecular flexibility index (Phi) is 4.19. The Labute approximate surface area is 137 Å². The van der Waals surface area contributed by atoms with E-state index in [1.165, 1.54) is 18.4 Å². The number of benzene rings is 1. The SMILES string of the molecule is COC(=O)c1cccc2c(C(O)c3nc(C(C)C)cs3)c[nH]c12. The largest absolute Gasteiger partial charge is 0.465 e. The zero-order chi connectivity index (χ0) is 16.6. The van der Waals surface area contributed by atoms with Crippen LogP contribution in [0.15, 0.2) is 29.8 Å². The molecule has 6 heteroatoms. The molecule has 1 aromatic carbocycles. The van der Waals surface area contributed by atoms with Crippen molar-refractivity contribution in [2.75, 3.05) is 7.11 Å². The Morgan fingerprint density at radius 1 is 1.39 bits per heavy atom. The van der Waals surface area contributed by atoms with E-state index in [9.17, 15) is 9.90 Å². The monoisotopic (exact) mass is 330 g/mol. The number of methoxy groups -OCH3 is 1. The van der Waals surface area contributed by atoms with Gasteiger partial charge in [0, 0.05) is 22.5 Å². The average molecular weight is 330 g/mol. The number of aromatic nitrogens is 2. The summed E-state index contributed by atoms with van der Waals surface area (Å²) in [5.74, 6) is -0.0871. The van der Waals surface area contributed by atoms with Crippen molar-refractivity contribution in [3.63, 3.8) is 0 Å². The van der Waals surface area contributed by atoms with E-state index < -0.39 is 12.1 Å². The molecular formula is C17H18N2O3S. The smallest absolute Gasteiger partial charge is 0.339 e. The molecular weight excluding hydrogens is 312 g/mol. The van der Waals surface area contributed by atoms with E-state index in [1.54, 1.807) is 18.3 Å². The van der Waals surface area contributed by atoms with Gasteiger partial charge in [-0.05, 0) is 12.0 Å². The Balaban J connectivity index is 2.04. The first-order chi connectivity index (χ1) is 11.0. The van der Waals surface area contributed by atoms with Crippen LogP contribution in [0, 0.1) is 0 Å². The van der Waals surface area contributed by atoms with E-state index in [4.69, 9.17) is 4.74 Å². The lowest BCUT2D eigenvalue weighted by molar-refractivity contribution is 0.0603. The van der Waals surface area contributed by atoms with E-state index in [-0.39, 0.29) is 0 Å². The van der Waals surface area contributed by atoms with Gasteiger partial charge >= 0.3 is 5.97 Å². The number of aliphatic hydroxyl groups is 1. The number of nitrogens with one attached hydrogen (secondary N) is 1. The van der Waals surface area contributed by atoms with Crippen LogP contribution in [0.3, 0.4) is 0 Å². The predicted molar refractivity (Wildman–Crippen MR) is 89.9 cm³/mol. The number of para-hydroxylation sites is 1. The topological polar surface area (TPSA) is 75.2 Å². The fourth-order valence-electron chi connectivity index (χ4n) is 2.51. The fourth-order valence-corrected chi connectivity index (χ4v) is 3.49. The molecule has 1 unspecified atom stereocenters. The van der Waals surface area contributed by atoms with Gasteiger partial charge in [0.1, 0.15) is 11.1 Å². The van der Waals surface area contributed by atoms with Crippen molar-refractivity contribution in [2.45, 2.75) is 25.9 Å². The first kappa shape index (κ1) is 15.7. The molecule has 3 aromatic rings. The lowest BCUT2D eigenvalue weighted by atomic mass is 10.1. The van der Waals surface area contributed by atoms with Gasteiger partial charge in [0.05, 0.1) is 23.9 Å². The molecule has 2 N–H and O–H groups in total. The molecule has 3 rings (SSSR count). The van der Waals surface area contributed by atoms with Crippen molar-refractivity contribution in [3.8, 4) is 0 Å². The first-order valence-electron chi connectivity index (χ1n) is 7.34. The van der Waals surface area contributed by atoms with Gasteiger partial charge in [0.25, 0.3) is 0 Å². The highest BCUT2D eigenvalue weighted by Gasteiger charge is 2.21. The quantitative estimate of drug-likeness (QED) is 0.717. The molecule has 120 valence electrons. The minimum absolute atomic E-state index is 0.320. The van der Waals surface area contributed by atoms with Gasteiger partial charge in [-0.2, -0.15) is 0 Å². The standard InChI is InChI=1S/C17H18N2O3S/c1-9(2)13-8-23-16(19-13)15(20)12-7-18-14-10(12)5-4-6-11(14)17(21)22-3/h4-9,15,18,20H,1-3H3. The summed E-state index contributed by atoms with van der Waals surface area (Å²) in [6, 6.07) is 5.34. The van der Waals surface area contributed by atoms with Crippen molar-refractivity contribution in [1.82, 2.24) is 9.97 Å². The van der Waals surface area contributed by atoms with Gasteiger partial charge in [0.2, 0.25) is 0 Å². The highest BCUT2D eigenvalue weighted by molar-refractivity contribution is 7.09. The molecule has 0 amide bonds. The number of H-pyrrole nitrogens is 1. The van der Waals surface area contributed by atoms with Gasteiger partial charge < -0.3 is 14.8 Å². The maximum Gasteiger partial charge on any atom is 0.339 e. The summed E-state index contributed by atoms with van der Waals surface area (Å²) in [7, 11) is 1.35. The van der Waals surface area contributed by atoms with E-state index in [1.807, 2.05) is 11.4 Å². The second-order valence-corrected chi connectivity index (χ2v) is 6.52. The second kappa shape index (κ2) is 6.14. The summed E-state index contributed by atoms with van der Waals surface area (Å²) in [6.07, 6.45) is 0.896. The van der Waals surface area contributed by atoms with E-state index >= 15 is 0 Å². The number of hydrogen-bond donors (Lipinski definition) is 2. The molecule has 0 bridgehead atoms. The van der Waals surface area contributed by atoms with Crippen LogP contribution in [0.1, 0.15) is 52.5 Å². The fraction of sp³-hybridized carbons (Fsp3) is 0.294. The number of thiazole rings is 1. The van der Waals surface area contributed by atoms with Crippen LogP contribution in [-0.4, -0.2) is 28.2 Å². The molecule has 23 heavy (non-hydrogen) atoms. The van der Waals surface area contributed by atoms with Crippen LogP contribution < -0.4 is 0 Å². The molecule has 0 saturated carbocycles. The molecule has 0 saturated heterocycles. The van der Waals surface area contributed by atoms with Crippen LogP contribution in [0.5, 0.6) is 0 Å². The van der Waals surface area contributed by atoms with Crippen LogP contribution >= 0.6 is 11.3 Å². The third kappa shape index (κ3) is 2.75. The van der Waals surface area contributed by atoms with Crippen molar-refractivity contribution < 1.29 is 14.6 Å². The third-order valence-corrected chi connectivity index (χ3v) is 4.73. The van der Waals surface area contributed by atoms with Gasteiger partial charge in [-0.3, -0.25) is 0 Å². The Morgan fingerprint density at radius 2 is 2.17 bits per heavy atom. The van der Waals surface area contributed by atoms with Crippen LogP contribution in [0.4, 0.5) is 0 Å². The lowest BCUT2D eigenvalue weighted by Crippen LogP contribution is -2.02. The van der Waals surface area contributed by atoms with Gasteiger partial charge in [0.15, 0.2) is 0 Å². The Bertz CT molecular complexity index is 851. The molecule has 1 atom stereocenters. The number of fused-ring (bicyclic) bond motifs is 1. The van der Waals surface area contributed by atoms with Crippen LogP contribution in [-0.2, 0) is 4.74 Å². The summed E-state index contributed by atoms with van der Waals surface area (Å²) >= 11 is 1.44. The first-order valence-corrected chi connectivity index (χ1v) is 8.22. The minimum atomic E-state index is -0.825. The number of nitrogens with zero attached hydrogens (tertiary/aromatic N) is 1. The summed E-state index contributed by atoms with van der Waals surface area (Å²) in [6.45, 7) is 4.14. The number of hydrogen-bond acceptors (Lipinski definition) is 5. The molecule has 0 spiro atoms. The number of carbonyl (C=O) groups is 1. The number of rotatable bonds is 4. The molecule has 2 heterocycles. The van der Waals surface area contributed by atoms with Crippen molar-refractivity contribution in [1.29, 1.82) is 0 Å². The highest BCUT2D eigenvalue weighted by atomic mass is 32.1. The summed E-state index contributed by atoms with van der Waals surface area (Å²) in [4.78, 5) is 19.4. The van der Waals surface area contributed by atoms with Crippen molar-refractivity contribution in [3.05, 3.63) is 51.6 Å². The maximum absolute atomic E-state index is 11.8.